The lowest BCUT2D eigenvalue weighted by Crippen LogP contribution is -2.04. The van der Waals surface area contributed by atoms with Crippen LogP contribution in [0.2, 0.25) is 5.02 Å². The summed E-state index contributed by atoms with van der Waals surface area (Å²) in [6.45, 7) is 1.86. The van der Waals surface area contributed by atoms with E-state index >= 15 is 0 Å². The highest BCUT2D eigenvalue weighted by Gasteiger charge is 2.10. The maximum absolute atomic E-state index is 12.0. The molecule has 80 valence electrons. The van der Waals surface area contributed by atoms with Gasteiger partial charge in [0.25, 0.3) is 0 Å². The molecule has 0 atom stereocenters. The standard InChI is InChI=1S/C13H10ClNO/c1-9-4-2-7-12(15-9)13(16)10-5-3-6-11(14)8-10/h2-8H,1H3. The van der Waals surface area contributed by atoms with Gasteiger partial charge in [0.15, 0.2) is 0 Å². The first-order chi connectivity index (χ1) is 7.66. The van der Waals surface area contributed by atoms with Gasteiger partial charge in [-0.15, -0.1) is 0 Å². The summed E-state index contributed by atoms with van der Waals surface area (Å²) in [5.41, 5.74) is 1.83. The Morgan fingerprint density at radius 2 is 1.94 bits per heavy atom. The Balaban J connectivity index is 2.39. The number of carbonyl (C=O) groups excluding carboxylic acids is 1. The fraction of sp³-hybridized carbons (Fsp3) is 0.0769. The summed E-state index contributed by atoms with van der Waals surface area (Å²) in [6.07, 6.45) is 0. The highest BCUT2D eigenvalue weighted by Crippen LogP contribution is 2.14. The minimum Gasteiger partial charge on any atom is -0.287 e. The van der Waals surface area contributed by atoms with Gasteiger partial charge in [-0.3, -0.25) is 4.79 Å². The zero-order chi connectivity index (χ0) is 11.5. The Morgan fingerprint density at radius 1 is 1.19 bits per heavy atom. The van der Waals surface area contributed by atoms with E-state index in [1.54, 1.807) is 30.3 Å². The second-order valence-corrected chi connectivity index (χ2v) is 3.94. The maximum atomic E-state index is 12.0. The fourth-order valence-corrected chi connectivity index (χ4v) is 1.64. The van der Waals surface area contributed by atoms with Gasteiger partial charge in [-0.25, -0.2) is 4.98 Å². The number of hydrogen-bond acceptors (Lipinski definition) is 2. The van der Waals surface area contributed by atoms with Crippen molar-refractivity contribution in [1.29, 1.82) is 0 Å². The molecule has 0 aliphatic rings. The van der Waals surface area contributed by atoms with Crippen LogP contribution in [0, 0.1) is 6.92 Å². The van der Waals surface area contributed by atoms with Crippen LogP contribution in [-0.2, 0) is 0 Å². The van der Waals surface area contributed by atoms with Crippen molar-refractivity contribution in [2.24, 2.45) is 0 Å². The van der Waals surface area contributed by atoms with Crippen molar-refractivity contribution < 1.29 is 4.79 Å². The Hall–Kier alpha value is -1.67. The van der Waals surface area contributed by atoms with E-state index in [9.17, 15) is 4.79 Å². The molecule has 0 N–H and O–H groups in total. The van der Waals surface area contributed by atoms with Crippen molar-refractivity contribution in [1.82, 2.24) is 4.98 Å². The van der Waals surface area contributed by atoms with E-state index < -0.39 is 0 Å². The number of pyridine rings is 1. The number of ketones is 1. The second kappa shape index (κ2) is 4.45. The van der Waals surface area contributed by atoms with Gasteiger partial charge >= 0.3 is 0 Å². The van der Waals surface area contributed by atoms with Gasteiger partial charge in [-0.1, -0.05) is 29.8 Å². The first kappa shape index (κ1) is 10.8. The topological polar surface area (TPSA) is 30.0 Å². The van der Waals surface area contributed by atoms with Gasteiger partial charge in [0.2, 0.25) is 5.78 Å². The molecule has 0 unspecified atom stereocenters. The molecule has 0 fully saturated rings. The molecule has 0 aliphatic carbocycles. The number of aromatic nitrogens is 1. The number of nitrogens with zero attached hydrogens (tertiary/aromatic N) is 1. The molecule has 0 saturated carbocycles. The summed E-state index contributed by atoms with van der Waals surface area (Å²) in [5, 5.41) is 0.554. The molecule has 16 heavy (non-hydrogen) atoms. The van der Waals surface area contributed by atoms with Crippen molar-refractivity contribution in [3.8, 4) is 0 Å². The third-order valence-corrected chi connectivity index (χ3v) is 2.44. The Kier molecular flexibility index (Phi) is 3.02. The summed E-state index contributed by atoms with van der Waals surface area (Å²) in [6, 6.07) is 12.3. The number of carbonyl (C=O) groups is 1. The van der Waals surface area contributed by atoms with Crippen molar-refractivity contribution in [2.75, 3.05) is 0 Å². The zero-order valence-corrected chi connectivity index (χ0v) is 9.53. The van der Waals surface area contributed by atoms with Crippen LogP contribution < -0.4 is 0 Å². The molecule has 0 spiro atoms. The van der Waals surface area contributed by atoms with Crippen molar-refractivity contribution in [2.45, 2.75) is 6.92 Å². The number of rotatable bonds is 2. The Morgan fingerprint density at radius 3 is 2.62 bits per heavy atom. The van der Waals surface area contributed by atoms with Crippen LogP contribution in [0.5, 0.6) is 0 Å². The van der Waals surface area contributed by atoms with Crippen LogP contribution in [0.1, 0.15) is 21.7 Å². The van der Waals surface area contributed by atoms with Crippen LogP contribution in [0.15, 0.2) is 42.5 Å². The SMILES string of the molecule is Cc1cccc(C(=O)c2cccc(Cl)c2)n1. The van der Waals surface area contributed by atoms with Gasteiger partial charge in [0.05, 0.1) is 0 Å². The van der Waals surface area contributed by atoms with E-state index in [1.165, 1.54) is 0 Å². The number of halogens is 1. The van der Waals surface area contributed by atoms with E-state index in [1.807, 2.05) is 19.1 Å². The molecule has 0 aliphatic heterocycles. The first-order valence-electron chi connectivity index (χ1n) is 4.91. The molecular weight excluding hydrogens is 222 g/mol. The monoisotopic (exact) mass is 231 g/mol. The molecule has 0 saturated heterocycles. The van der Waals surface area contributed by atoms with E-state index in [-0.39, 0.29) is 5.78 Å². The molecular formula is C13H10ClNO. The molecule has 0 amide bonds. The Labute approximate surface area is 98.9 Å². The summed E-state index contributed by atoms with van der Waals surface area (Å²) < 4.78 is 0. The second-order valence-electron chi connectivity index (χ2n) is 3.50. The van der Waals surface area contributed by atoms with Gasteiger partial charge in [0.1, 0.15) is 5.69 Å². The first-order valence-corrected chi connectivity index (χ1v) is 5.28. The van der Waals surface area contributed by atoms with Crippen molar-refractivity contribution in [3.63, 3.8) is 0 Å². The quantitative estimate of drug-likeness (QED) is 0.743. The predicted octanol–water partition coefficient (Wildman–Crippen LogP) is 3.27. The fourth-order valence-electron chi connectivity index (χ4n) is 1.45. The Bertz CT molecular complexity index is 489. The van der Waals surface area contributed by atoms with E-state index in [0.29, 0.717) is 16.3 Å². The number of aryl methyl sites for hydroxylation is 1. The molecule has 2 nitrogen and oxygen atoms in total. The number of benzene rings is 1. The lowest BCUT2D eigenvalue weighted by molar-refractivity contribution is 0.103. The van der Waals surface area contributed by atoms with Crippen molar-refractivity contribution in [3.05, 3.63) is 64.4 Å². The lowest BCUT2D eigenvalue weighted by Gasteiger charge is -2.01. The molecule has 1 aromatic heterocycles. The summed E-state index contributed by atoms with van der Waals surface area (Å²) in [5.74, 6) is -0.105. The minimum atomic E-state index is -0.105. The van der Waals surface area contributed by atoms with Crippen LogP contribution in [0.25, 0.3) is 0 Å². The average molecular weight is 232 g/mol. The van der Waals surface area contributed by atoms with Gasteiger partial charge in [0, 0.05) is 16.3 Å². The largest absolute Gasteiger partial charge is 0.287 e. The molecule has 2 aromatic rings. The molecule has 1 aromatic carbocycles. The van der Waals surface area contributed by atoms with Gasteiger partial charge in [-0.05, 0) is 31.2 Å². The van der Waals surface area contributed by atoms with E-state index in [4.69, 9.17) is 11.6 Å². The average Bonchev–Trinajstić information content (AvgIpc) is 2.28. The smallest absolute Gasteiger partial charge is 0.211 e. The van der Waals surface area contributed by atoms with E-state index in [2.05, 4.69) is 4.98 Å². The summed E-state index contributed by atoms with van der Waals surface area (Å²) >= 11 is 5.84. The molecule has 3 heteroatoms. The summed E-state index contributed by atoms with van der Waals surface area (Å²) in [4.78, 5) is 16.2. The van der Waals surface area contributed by atoms with Crippen LogP contribution >= 0.6 is 11.6 Å². The minimum absolute atomic E-state index is 0.105. The third-order valence-electron chi connectivity index (χ3n) is 2.21. The highest BCUT2D eigenvalue weighted by atomic mass is 35.5. The third kappa shape index (κ3) is 2.28. The molecule has 0 bridgehead atoms. The van der Waals surface area contributed by atoms with Gasteiger partial charge in [-0.2, -0.15) is 0 Å². The molecule has 1 heterocycles. The van der Waals surface area contributed by atoms with Crippen LogP contribution in [-0.4, -0.2) is 10.8 Å². The predicted molar refractivity (Wildman–Crippen MR) is 63.9 cm³/mol. The van der Waals surface area contributed by atoms with Gasteiger partial charge < -0.3 is 0 Å². The van der Waals surface area contributed by atoms with Crippen LogP contribution in [0.4, 0.5) is 0 Å². The molecule has 0 radical (unpaired) electrons. The summed E-state index contributed by atoms with van der Waals surface area (Å²) in [7, 11) is 0. The lowest BCUT2D eigenvalue weighted by atomic mass is 10.1. The molecule has 2 rings (SSSR count). The van der Waals surface area contributed by atoms with Crippen molar-refractivity contribution >= 4 is 17.4 Å². The highest BCUT2D eigenvalue weighted by molar-refractivity contribution is 6.31. The van der Waals surface area contributed by atoms with Crippen LogP contribution in [0.3, 0.4) is 0 Å². The normalized spacial score (nSPS) is 10.1. The number of hydrogen-bond donors (Lipinski definition) is 0. The van der Waals surface area contributed by atoms with E-state index in [0.717, 1.165) is 5.69 Å². The zero-order valence-electron chi connectivity index (χ0n) is 8.77. The maximum Gasteiger partial charge on any atom is 0.211 e.